The Morgan fingerprint density at radius 2 is 1.58 bits per heavy atom. The lowest BCUT2D eigenvalue weighted by molar-refractivity contribution is -0.122. The van der Waals surface area contributed by atoms with Crippen LogP contribution in [0.4, 0.5) is 0 Å². The van der Waals surface area contributed by atoms with Gasteiger partial charge in [-0.2, -0.15) is 21.0 Å². The van der Waals surface area contributed by atoms with Gasteiger partial charge in [0.1, 0.15) is 23.1 Å². The van der Waals surface area contributed by atoms with Crippen LogP contribution in [0.5, 0.6) is 0 Å². The third-order valence-corrected chi connectivity index (χ3v) is 4.62. The number of rotatable bonds is 3. The molecule has 1 fully saturated rings. The number of carbonyl (C=O) groups excluding carboxylic acids is 1. The van der Waals surface area contributed by atoms with Gasteiger partial charge >= 0.3 is 0 Å². The van der Waals surface area contributed by atoms with Crippen molar-refractivity contribution in [1.82, 2.24) is 0 Å². The predicted octanol–water partition coefficient (Wildman–Crippen LogP) is 1.20. The molecule has 0 radical (unpaired) electrons. The van der Waals surface area contributed by atoms with Crippen molar-refractivity contribution in [2.45, 2.75) is 5.92 Å². The van der Waals surface area contributed by atoms with Crippen molar-refractivity contribution in [3.05, 3.63) is 46.1 Å². The van der Waals surface area contributed by atoms with Crippen LogP contribution < -0.4 is 11.5 Å². The van der Waals surface area contributed by atoms with Crippen LogP contribution in [0.1, 0.15) is 11.5 Å². The highest BCUT2D eigenvalue weighted by atomic mass is 35.5. The van der Waals surface area contributed by atoms with E-state index in [9.17, 15) is 15.3 Å². The van der Waals surface area contributed by atoms with Crippen LogP contribution >= 0.6 is 11.6 Å². The first-order chi connectivity index (χ1) is 11.4. The third-order valence-electron chi connectivity index (χ3n) is 4.28. The molecule has 0 saturated heterocycles. The van der Waals surface area contributed by atoms with Crippen LogP contribution in [-0.4, -0.2) is 5.91 Å². The SMILES string of the molecule is N#CC(C#N)=C(N)[C@]1(C#N)[C@H](c2ccccc2Cl)[C@@]1(C#N)C(N)=O. The van der Waals surface area contributed by atoms with Gasteiger partial charge in [0.05, 0.1) is 17.8 Å². The van der Waals surface area contributed by atoms with E-state index in [1.165, 1.54) is 12.1 Å². The van der Waals surface area contributed by atoms with Gasteiger partial charge in [-0.3, -0.25) is 4.79 Å². The fraction of sp³-hybridized carbons (Fsp3) is 0.188. The molecule has 1 aromatic rings. The molecular weight excluding hydrogens is 328 g/mol. The summed E-state index contributed by atoms with van der Waals surface area (Å²) in [5.41, 5.74) is 6.62. The van der Waals surface area contributed by atoms with Gasteiger partial charge in [0.15, 0.2) is 5.41 Å². The second-order valence-corrected chi connectivity index (χ2v) is 5.58. The molecule has 24 heavy (non-hydrogen) atoms. The molecule has 2 rings (SSSR count). The predicted molar refractivity (Wildman–Crippen MR) is 81.9 cm³/mol. The van der Waals surface area contributed by atoms with Crippen molar-refractivity contribution in [3.8, 4) is 24.3 Å². The molecular formula is C16H9ClN6O. The zero-order valence-electron chi connectivity index (χ0n) is 12.1. The molecule has 116 valence electrons. The van der Waals surface area contributed by atoms with Crippen molar-refractivity contribution < 1.29 is 4.79 Å². The van der Waals surface area contributed by atoms with Gasteiger partial charge in [0.2, 0.25) is 5.91 Å². The minimum Gasteiger partial charge on any atom is -0.399 e. The fourth-order valence-corrected chi connectivity index (χ4v) is 3.36. The minimum absolute atomic E-state index is 0.212. The summed E-state index contributed by atoms with van der Waals surface area (Å²) in [4.78, 5) is 12.0. The maximum atomic E-state index is 12.0. The van der Waals surface area contributed by atoms with Crippen LogP contribution in [0.15, 0.2) is 35.5 Å². The topological polar surface area (TPSA) is 164 Å². The molecule has 1 amide bonds. The van der Waals surface area contributed by atoms with Crippen molar-refractivity contribution in [3.63, 3.8) is 0 Å². The smallest absolute Gasteiger partial charge is 0.240 e. The number of nitrogens with zero attached hydrogens (tertiary/aromatic N) is 4. The maximum absolute atomic E-state index is 12.0. The Morgan fingerprint density at radius 3 is 2.00 bits per heavy atom. The standard InChI is InChI=1S/C16H9ClN6O/c17-11-4-2-1-3-10(11)12-15(7-20,13(22)9(5-18)6-19)16(12,8-21)14(23)24/h1-4,12H,22H2,(H2,23,24)/t12-,15-,16-/m0/s1. The molecule has 1 aliphatic rings. The van der Waals surface area contributed by atoms with Gasteiger partial charge in [0.25, 0.3) is 0 Å². The summed E-state index contributed by atoms with van der Waals surface area (Å²) in [6.07, 6.45) is 0. The lowest BCUT2D eigenvalue weighted by Crippen LogP contribution is -2.32. The molecule has 0 unspecified atom stereocenters. The van der Waals surface area contributed by atoms with E-state index in [2.05, 4.69) is 0 Å². The average Bonchev–Trinajstić information content (AvgIpc) is 3.20. The summed E-state index contributed by atoms with van der Waals surface area (Å²) in [5.74, 6) is -2.16. The largest absolute Gasteiger partial charge is 0.399 e. The van der Waals surface area contributed by atoms with E-state index < -0.39 is 33.9 Å². The molecule has 8 heteroatoms. The van der Waals surface area contributed by atoms with E-state index >= 15 is 0 Å². The lowest BCUT2D eigenvalue weighted by atomic mass is 9.89. The van der Waals surface area contributed by atoms with E-state index in [4.69, 9.17) is 33.6 Å². The van der Waals surface area contributed by atoms with Crippen LogP contribution in [0, 0.1) is 56.2 Å². The highest BCUT2D eigenvalue weighted by Gasteiger charge is 2.84. The monoisotopic (exact) mass is 336 g/mol. The van der Waals surface area contributed by atoms with Crippen LogP contribution in [0.2, 0.25) is 5.02 Å². The van der Waals surface area contributed by atoms with Crippen LogP contribution in [0.3, 0.4) is 0 Å². The van der Waals surface area contributed by atoms with E-state index in [-0.39, 0.29) is 5.02 Å². The lowest BCUT2D eigenvalue weighted by Gasteiger charge is -2.11. The van der Waals surface area contributed by atoms with Crippen molar-refractivity contribution in [2.75, 3.05) is 0 Å². The van der Waals surface area contributed by atoms with Crippen molar-refractivity contribution in [1.29, 1.82) is 21.0 Å². The van der Waals surface area contributed by atoms with E-state index in [1.807, 2.05) is 6.07 Å². The normalized spacial score (nSPS) is 26.8. The highest BCUT2D eigenvalue weighted by molar-refractivity contribution is 6.31. The summed E-state index contributed by atoms with van der Waals surface area (Å²) in [7, 11) is 0. The first kappa shape index (κ1) is 16.8. The molecule has 4 N–H and O–H groups in total. The zero-order valence-corrected chi connectivity index (χ0v) is 12.9. The zero-order chi connectivity index (χ0) is 18.1. The first-order valence-electron chi connectivity index (χ1n) is 6.56. The minimum atomic E-state index is -2.02. The van der Waals surface area contributed by atoms with E-state index in [0.717, 1.165) is 0 Å². The molecule has 0 heterocycles. The number of nitriles is 4. The Balaban J connectivity index is 2.88. The van der Waals surface area contributed by atoms with Crippen LogP contribution in [-0.2, 0) is 4.79 Å². The number of halogens is 1. The first-order valence-corrected chi connectivity index (χ1v) is 6.94. The van der Waals surface area contributed by atoms with Gasteiger partial charge < -0.3 is 11.5 Å². The van der Waals surface area contributed by atoms with Gasteiger partial charge in [-0.15, -0.1) is 0 Å². The van der Waals surface area contributed by atoms with E-state index in [1.54, 1.807) is 30.3 Å². The number of nitrogens with two attached hydrogens (primary N) is 2. The molecule has 3 atom stereocenters. The Kier molecular flexibility index (Phi) is 3.93. The summed E-state index contributed by atoms with van der Waals surface area (Å²) in [5, 5.41) is 37.6. The van der Waals surface area contributed by atoms with Gasteiger partial charge in [-0.05, 0) is 11.6 Å². The quantitative estimate of drug-likeness (QED) is 0.787. The number of hydrogen-bond acceptors (Lipinski definition) is 6. The molecule has 7 nitrogen and oxygen atoms in total. The molecule has 0 aromatic heterocycles. The molecule has 1 aromatic carbocycles. The average molecular weight is 337 g/mol. The third kappa shape index (κ3) is 1.77. The Bertz CT molecular complexity index is 925. The second kappa shape index (κ2) is 5.60. The summed E-state index contributed by atoms with van der Waals surface area (Å²) in [6.45, 7) is 0. The number of carbonyl (C=O) groups is 1. The van der Waals surface area contributed by atoms with Gasteiger partial charge in [-0.25, -0.2) is 0 Å². The number of hydrogen-bond donors (Lipinski definition) is 2. The van der Waals surface area contributed by atoms with Crippen molar-refractivity contribution in [2.24, 2.45) is 22.3 Å². The number of benzene rings is 1. The molecule has 0 bridgehead atoms. The number of amides is 1. The van der Waals surface area contributed by atoms with Crippen LogP contribution in [0.25, 0.3) is 0 Å². The fourth-order valence-electron chi connectivity index (χ4n) is 3.12. The molecule has 1 saturated carbocycles. The Morgan fingerprint density at radius 1 is 1.04 bits per heavy atom. The molecule has 0 aliphatic heterocycles. The number of primary amides is 1. The highest BCUT2D eigenvalue weighted by Crippen LogP contribution is 2.76. The summed E-state index contributed by atoms with van der Waals surface area (Å²) < 4.78 is 0. The Hall–Kier alpha value is -3.52. The molecule has 0 spiro atoms. The summed E-state index contributed by atoms with van der Waals surface area (Å²) >= 11 is 6.13. The molecule has 1 aliphatic carbocycles. The van der Waals surface area contributed by atoms with Gasteiger partial charge in [0, 0.05) is 10.9 Å². The van der Waals surface area contributed by atoms with E-state index in [0.29, 0.717) is 5.56 Å². The number of allylic oxidation sites excluding steroid dienone is 2. The maximum Gasteiger partial charge on any atom is 0.240 e. The van der Waals surface area contributed by atoms with Crippen molar-refractivity contribution >= 4 is 17.5 Å². The second-order valence-electron chi connectivity index (χ2n) is 5.17. The Labute approximate surface area is 142 Å². The van der Waals surface area contributed by atoms with Gasteiger partial charge in [-0.1, -0.05) is 29.8 Å². The summed E-state index contributed by atoms with van der Waals surface area (Å²) in [6, 6.07) is 13.0.